The van der Waals surface area contributed by atoms with Crippen LogP contribution in [0, 0.1) is 0 Å². The Morgan fingerprint density at radius 1 is 0.909 bits per heavy atom. The molecule has 0 N–H and O–H groups in total. The number of alkyl halides is 3. The first-order valence-electron chi connectivity index (χ1n) is 10.5. The first-order chi connectivity index (χ1) is 15.8. The predicted octanol–water partition coefficient (Wildman–Crippen LogP) is 5.83. The van der Waals surface area contributed by atoms with Gasteiger partial charge in [-0.1, -0.05) is 36.0 Å². The molecule has 3 aromatic carbocycles. The molecule has 3 aromatic rings. The smallest absolute Gasteiger partial charge is 0.416 e. The monoisotopic (exact) mass is 472 g/mol. The van der Waals surface area contributed by atoms with E-state index in [0.29, 0.717) is 37.4 Å². The van der Waals surface area contributed by atoms with E-state index in [0.717, 1.165) is 27.7 Å². The Balaban J connectivity index is 1.45. The number of hydrogen-bond donors (Lipinski definition) is 0. The lowest BCUT2D eigenvalue weighted by Crippen LogP contribution is -2.49. The number of piperazine rings is 1. The minimum atomic E-state index is -4.38. The topological polar surface area (TPSA) is 32.8 Å². The van der Waals surface area contributed by atoms with Gasteiger partial charge in [0.1, 0.15) is 5.75 Å². The summed E-state index contributed by atoms with van der Waals surface area (Å²) in [6.07, 6.45) is -4.38. The molecule has 1 amide bonds. The Morgan fingerprint density at radius 3 is 2.36 bits per heavy atom. The third-order valence-corrected chi connectivity index (χ3v) is 6.56. The number of halogens is 3. The van der Waals surface area contributed by atoms with Crippen LogP contribution in [0.5, 0.6) is 5.75 Å². The molecule has 1 aliphatic heterocycles. The number of benzene rings is 3. The molecule has 0 unspecified atom stereocenters. The summed E-state index contributed by atoms with van der Waals surface area (Å²) in [6, 6.07) is 20.4. The van der Waals surface area contributed by atoms with Crippen molar-refractivity contribution in [1.82, 2.24) is 4.90 Å². The van der Waals surface area contributed by atoms with Crippen molar-refractivity contribution < 1.29 is 22.7 Å². The molecule has 4 nitrogen and oxygen atoms in total. The summed E-state index contributed by atoms with van der Waals surface area (Å²) in [6.45, 7) is 1.82. The maximum atomic E-state index is 13.3. The lowest BCUT2D eigenvalue weighted by molar-refractivity contribution is -0.137. The van der Waals surface area contributed by atoms with Crippen molar-refractivity contribution in [3.63, 3.8) is 0 Å². The van der Waals surface area contributed by atoms with Gasteiger partial charge in [-0.2, -0.15) is 13.2 Å². The largest absolute Gasteiger partial charge is 0.497 e. The summed E-state index contributed by atoms with van der Waals surface area (Å²) in [5.74, 6) is 0.666. The molecule has 0 atom stereocenters. The number of methoxy groups -OCH3 is 1. The summed E-state index contributed by atoms with van der Waals surface area (Å²) in [5.41, 5.74) is 0.464. The zero-order chi connectivity index (χ0) is 23.4. The quantitative estimate of drug-likeness (QED) is 0.468. The number of carbonyl (C=O) groups is 1. The van der Waals surface area contributed by atoms with Gasteiger partial charge in [-0.3, -0.25) is 4.79 Å². The van der Waals surface area contributed by atoms with Crippen molar-refractivity contribution in [1.29, 1.82) is 0 Å². The van der Waals surface area contributed by atoms with Gasteiger partial charge in [0, 0.05) is 41.7 Å². The molecule has 0 saturated carbocycles. The fourth-order valence-electron chi connectivity index (χ4n) is 3.74. The van der Waals surface area contributed by atoms with E-state index in [1.807, 2.05) is 53.4 Å². The molecule has 33 heavy (non-hydrogen) atoms. The summed E-state index contributed by atoms with van der Waals surface area (Å²) in [5, 5.41) is 0. The summed E-state index contributed by atoms with van der Waals surface area (Å²) in [4.78, 5) is 18.7. The highest BCUT2D eigenvalue weighted by Gasteiger charge is 2.31. The Kier molecular flexibility index (Phi) is 6.83. The maximum absolute atomic E-state index is 13.3. The van der Waals surface area contributed by atoms with Gasteiger partial charge in [0.05, 0.1) is 18.2 Å². The average molecular weight is 473 g/mol. The highest BCUT2D eigenvalue weighted by atomic mass is 32.2. The SMILES string of the molecule is COc1cccc(Sc2ccccc2C(=O)N2CCN(c3cccc(C(F)(F)F)c3)CC2)c1. The first kappa shape index (κ1) is 23.0. The van der Waals surface area contributed by atoms with Crippen LogP contribution >= 0.6 is 11.8 Å². The van der Waals surface area contributed by atoms with Gasteiger partial charge in [0.2, 0.25) is 0 Å². The first-order valence-corrected chi connectivity index (χ1v) is 11.3. The molecule has 1 saturated heterocycles. The zero-order valence-corrected chi connectivity index (χ0v) is 18.8. The number of ether oxygens (including phenoxy) is 1. The Labute approximate surface area is 195 Å². The highest BCUT2D eigenvalue weighted by Crippen LogP contribution is 2.34. The third-order valence-electron chi connectivity index (χ3n) is 5.49. The van der Waals surface area contributed by atoms with Crippen LogP contribution in [0.2, 0.25) is 0 Å². The van der Waals surface area contributed by atoms with E-state index < -0.39 is 11.7 Å². The maximum Gasteiger partial charge on any atom is 0.416 e. The van der Waals surface area contributed by atoms with E-state index in [2.05, 4.69) is 0 Å². The van der Waals surface area contributed by atoms with E-state index in [-0.39, 0.29) is 5.91 Å². The molecule has 0 radical (unpaired) electrons. The van der Waals surface area contributed by atoms with Crippen molar-refractivity contribution in [2.24, 2.45) is 0 Å². The zero-order valence-electron chi connectivity index (χ0n) is 18.0. The normalized spacial score (nSPS) is 14.3. The van der Waals surface area contributed by atoms with Crippen molar-refractivity contribution in [2.75, 3.05) is 38.2 Å². The number of nitrogens with zero attached hydrogens (tertiary/aromatic N) is 2. The van der Waals surface area contributed by atoms with Crippen LogP contribution in [0.1, 0.15) is 15.9 Å². The number of rotatable bonds is 5. The van der Waals surface area contributed by atoms with Crippen LogP contribution < -0.4 is 9.64 Å². The minimum absolute atomic E-state index is 0.0790. The van der Waals surface area contributed by atoms with Crippen LogP contribution in [0.3, 0.4) is 0 Å². The molecular formula is C25H23F3N2O2S. The molecule has 0 aliphatic carbocycles. The molecule has 0 aromatic heterocycles. The van der Waals surface area contributed by atoms with Gasteiger partial charge >= 0.3 is 6.18 Å². The number of carbonyl (C=O) groups excluding carboxylic acids is 1. The molecule has 4 rings (SSSR count). The second kappa shape index (κ2) is 9.79. The lowest BCUT2D eigenvalue weighted by atomic mass is 10.1. The van der Waals surface area contributed by atoms with Crippen LogP contribution in [0.4, 0.5) is 18.9 Å². The van der Waals surface area contributed by atoms with E-state index in [1.54, 1.807) is 18.1 Å². The number of amides is 1. The van der Waals surface area contributed by atoms with E-state index in [1.165, 1.54) is 17.8 Å². The van der Waals surface area contributed by atoms with E-state index in [4.69, 9.17) is 4.74 Å². The van der Waals surface area contributed by atoms with Gasteiger partial charge in [0.15, 0.2) is 0 Å². The molecule has 172 valence electrons. The van der Waals surface area contributed by atoms with Gasteiger partial charge < -0.3 is 14.5 Å². The lowest BCUT2D eigenvalue weighted by Gasteiger charge is -2.36. The van der Waals surface area contributed by atoms with Crippen molar-refractivity contribution in [3.8, 4) is 5.75 Å². The summed E-state index contributed by atoms with van der Waals surface area (Å²) in [7, 11) is 1.61. The molecule has 0 spiro atoms. The predicted molar refractivity (Wildman–Crippen MR) is 123 cm³/mol. The highest BCUT2D eigenvalue weighted by molar-refractivity contribution is 7.99. The van der Waals surface area contributed by atoms with Gasteiger partial charge in [-0.15, -0.1) is 0 Å². The average Bonchev–Trinajstić information content (AvgIpc) is 2.84. The number of anilines is 1. The molecular weight excluding hydrogens is 449 g/mol. The van der Waals surface area contributed by atoms with Crippen LogP contribution in [0.25, 0.3) is 0 Å². The van der Waals surface area contributed by atoms with Crippen molar-refractivity contribution in [3.05, 3.63) is 83.9 Å². The van der Waals surface area contributed by atoms with Gasteiger partial charge in [-0.05, 0) is 48.5 Å². The van der Waals surface area contributed by atoms with Crippen LogP contribution in [-0.2, 0) is 6.18 Å². The Bertz CT molecular complexity index is 1130. The molecule has 8 heteroatoms. The third kappa shape index (κ3) is 5.45. The molecule has 1 aliphatic rings. The molecule has 1 fully saturated rings. The number of hydrogen-bond acceptors (Lipinski definition) is 4. The van der Waals surface area contributed by atoms with Gasteiger partial charge in [0.25, 0.3) is 5.91 Å². The standard InChI is InChI=1S/C25H23F3N2O2S/c1-32-20-8-5-9-21(17-20)33-23-11-3-2-10-22(23)24(31)30-14-12-29(13-15-30)19-7-4-6-18(16-19)25(26,27)28/h2-11,16-17H,12-15H2,1H3. The Hall–Kier alpha value is -3.13. The van der Waals surface area contributed by atoms with E-state index >= 15 is 0 Å². The van der Waals surface area contributed by atoms with Crippen LogP contribution in [0.15, 0.2) is 82.6 Å². The van der Waals surface area contributed by atoms with Gasteiger partial charge in [-0.25, -0.2) is 0 Å². The second-order valence-electron chi connectivity index (χ2n) is 7.60. The fourth-order valence-corrected chi connectivity index (χ4v) is 4.73. The second-order valence-corrected chi connectivity index (χ2v) is 8.72. The molecule has 1 heterocycles. The summed E-state index contributed by atoms with van der Waals surface area (Å²) >= 11 is 1.49. The minimum Gasteiger partial charge on any atom is -0.497 e. The van der Waals surface area contributed by atoms with E-state index in [9.17, 15) is 18.0 Å². The summed E-state index contributed by atoms with van der Waals surface area (Å²) < 4.78 is 44.4. The van der Waals surface area contributed by atoms with Crippen molar-refractivity contribution in [2.45, 2.75) is 16.0 Å². The molecule has 0 bridgehead atoms. The van der Waals surface area contributed by atoms with Crippen LogP contribution in [-0.4, -0.2) is 44.1 Å². The van der Waals surface area contributed by atoms with Crippen molar-refractivity contribution >= 4 is 23.4 Å². The fraction of sp³-hybridized carbons (Fsp3) is 0.240. The Morgan fingerprint density at radius 2 is 1.64 bits per heavy atom.